The number of nitriles is 1. The molecule has 0 amide bonds. The van der Waals surface area contributed by atoms with Gasteiger partial charge in [0.1, 0.15) is 5.82 Å². The Hall–Kier alpha value is -2.84. The number of hydrogen-bond acceptors (Lipinski definition) is 5. The second kappa shape index (κ2) is 7.45. The number of allylic oxidation sites excluding steroid dienone is 3. The van der Waals surface area contributed by atoms with Crippen molar-refractivity contribution >= 4 is 22.8 Å². The summed E-state index contributed by atoms with van der Waals surface area (Å²) in [4.78, 5) is 17.7. The van der Waals surface area contributed by atoms with Crippen molar-refractivity contribution in [2.45, 2.75) is 52.9 Å². The number of aryl methyl sites for hydroxylation is 2. The Morgan fingerprint density at radius 2 is 1.97 bits per heavy atom. The minimum absolute atomic E-state index is 0.122. The third-order valence-electron chi connectivity index (χ3n) is 6.05. The molecule has 1 atom stereocenters. The quantitative estimate of drug-likeness (QED) is 0.710. The fourth-order valence-corrected chi connectivity index (χ4v) is 5.70. The highest BCUT2D eigenvalue weighted by molar-refractivity contribution is 7.12. The van der Waals surface area contributed by atoms with E-state index in [0.717, 1.165) is 40.2 Å². The number of carbonyl (C=O) groups is 1. The van der Waals surface area contributed by atoms with Crippen molar-refractivity contribution in [1.82, 2.24) is 0 Å². The van der Waals surface area contributed by atoms with Crippen LogP contribution >= 0.6 is 11.3 Å². The lowest BCUT2D eigenvalue weighted by atomic mass is 9.69. The minimum Gasteiger partial charge on any atom is -0.384 e. The third kappa shape index (κ3) is 3.26. The molecule has 1 aromatic carbocycles. The Labute approximate surface area is 182 Å². The van der Waals surface area contributed by atoms with E-state index >= 15 is 0 Å². The second-order valence-corrected chi connectivity index (χ2v) is 10.1. The Kier molecular flexibility index (Phi) is 5.07. The van der Waals surface area contributed by atoms with Crippen molar-refractivity contribution in [3.63, 3.8) is 0 Å². The van der Waals surface area contributed by atoms with Crippen LogP contribution in [0.15, 0.2) is 59.1 Å². The van der Waals surface area contributed by atoms with Crippen LogP contribution in [0.1, 0.15) is 54.8 Å². The van der Waals surface area contributed by atoms with E-state index in [0.29, 0.717) is 17.8 Å². The molecule has 0 saturated heterocycles. The lowest BCUT2D eigenvalue weighted by molar-refractivity contribution is -0.118. The normalized spacial score (nSPS) is 21.0. The Morgan fingerprint density at radius 1 is 1.23 bits per heavy atom. The van der Waals surface area contributed by atoms with E-state index in [1.165, 1.54) is 4.88 Å². The lowest BCUT2D eigenvalue weighted by Gasteiger charge is -2.43. The predicted octanol–water partition coefficient (Wildman–Crippen LogP) is 5.56. The first kappa shape index (κ1) is 20.4. The molecule has 154 valence electrons. The number of para-hydroxylation sites is 1. The highest BCUT2D eigenvalue weighted by atomic mass is 32.1. The van der Waals surface area contributed by atoms with E-state index < -0.39 is 0 Å². The molecule has 1 aliphatic heterocycles. The average Bonchev–Trinajstić information content (AvgIpc) is 3.16. The van der Waals surface area contributed by atoms with Gasteiger partial charge in [0.2, 0.25) is 0 Å². The maximum absolute atomic E-state index is 13.5. The van der Waals surface area contributed by atoms with Crippen molar-refractivity contribution in [3.05, 3.63) is 74.4 Å². The molecule has 0 radical (unpaired) electrons. The fourth-order valence-electron chi connectivity index (χ4n) is 4.62. The van der Waals surface area contributed by atoms with E-state index in [-0.39, 0.29) is 17.1 Å². The zero-order chi connectivity index (χ0) is 21.6. The lowest BCUT2D eigenvalue weighted by Crippen LogP contribution is -2.42. The maximum atomic E-state index is 13.5. The van der Waals surface area contributed by atoms with Gasteiger partial charge in [-0.3, -0.25) is 9.69 Å². The molecule has 2 aliphatic rings. The van der Waals surface area contributed by atoms with Gasteiger partial charge in [0.05, 0.1) is 23.2 Å². The van der Waals surface area contributed by atoms with Crippen LogP contribution in [-0.2, 0) is 11.2 Å². The third-order valence-corrected chi connectivity index (χ3v) is 7.35. The summed E-state index contributed by atoms with van der Waals surface area (Å²) in [6.07, 6.45) is 2.15. The number of anilines is 1. The van der Waals surface area contributed by atoms with E-state index in [2.05, 4.69) is 39.0 Å². The first-order valence-electron chi connectivity index (χ1n) is 10.4. The van der Waals surface area contributed by atoms with Crippen LogP contribution < -0.4 is 10.6 Å². The van der Waals surface area contributed by atoms with Gasteiger partial charge in [-0.2, -0.15) is 5.26 Å². The summed E-state index contributed by atoms with van der Waals surface area (Å²) in [5.74, 6) is 0.184. The predicted molar refractivity (Wildman–Crippen MR) is 122 cm³/mol. The maximum Gasteiger partial charge on any atom is 0.162 e. The summed E-state index contributed by atoms with van der Waals surface area (Å²) in [6, 6.07) is 14.5. The number of thiophene rings is 1. The summed E-state index contributed by atoms with van der Waals surface area (Å²) in [6.45, 7) is 8.40. The van der Waals surface area contributed by atoms with Gasteiger partial charge in [-0.05, 0) is 48.9 Å². The number of carbonyl (C=O) groups excluding carboxylic acids is 1. The van der Waals surface area contributed by atoms with Crippen LogP contribution in [0, 0.1) is 23.7 Å². The standard InChI is InChI=1S/C25H27N3OS/c1-5-16-10-11-21(30-16)22-17(14-26)24(27)28(18-9-7-6-8-15(18)2)19-12-25(3,4)13-20(29)23(19)22/h6-11,22H,5,12-13,27H2,1-4H3. The van der Waals surface area contributed by atoms with Crippen molar-refractivity contribution in [2.24, 2.45) is 11.1 Å². The summed E-state index contributed by atoms with van der Waals surface area (Å²) in [5, 5.41) is 10.1. The number of nitrogens with two attached hydrogens (primary N) is 1. The van der Waals surface area contributed by atoms with Gasteiger partial charge in [-0.25, -0.2) is 0 Å². The topological polar surface area (TPSA) is 70.1 Å². The molecule has 2 N–H and O–H groups in total. The van der Waals surface area contributed by atoms with Gasteiger partial charge >= 0.3 is 0 Å². The molecule has 2 heterocycles. The number of Topliss-reactive ketones (excluding diaryl/α,β-unsaturated/α-hetero) is 1. The highest BCUT2D eigenvalue weighted by Crippen LogP contribution is 2.51. The molecule has 5 heteroatoms. The Morgan fingerprint density at radius 3 is 2.60 bits per heavy atom. The van der Waals surface area contributed by atoms with Crippen molar-refractivity contribution in [1.29, 1.82) is 5.26 Å². The van der Waals surface area contributed by atoms with Crippen LogP contribution in [-0.4, -0.2) is 5.78 Å². The molecule has 4 nitrogen and oxygen atoms in total. The minimum atomic E-state index is -0.376. The van der Waals surface area contributed by atoms with Gasteiger partial charge in [0.25, 0.3) is 0 Å². The summed E-state index contributed by atoms with van der Waals surface area (Å²) >= 11 is 1.67. The smallest absolute Gasteiger partial charge is 0.162 e. The van der Waals surface area contributed by atoms with E-state index in [9.17, 15) is 10.1 Å². The van der Waals surface area contributed by atoms with Crippen LogP contribution in [0.5, 0.6) is 0 Å². The molecular formula is C25H27N3OS. The highest BCUT2D eigenvalue weighted by Gasteiger charge is 2.45. The van der Waals surface area contributed by atoms with Crippen molar-refractivity contribution < 1.29 is 4.79 Å². The zero-order valence-electron chi connectivity index (χ0n) is 18.0. The Bertz CT molecular complexity index is 1130. The summed E-state index contributed by atoms with van der Waals surface area (Å²) in [5.41, 5.74) is 10.7. The van der Waals surface area contributed by atoms with Crippen LogP contribution in [0.2, 0.25) is 0 Å². The monoisotopic (exact) mass is 417 g/mol. The van der Waals surface area contributed by atoms with Gasteiger partial charge in [0.15, 0.2) is 5.78 Å². The van der Waals surface area contributed by atoms with Crippen molar-refractivity contribution in [3.8, 4) is 6.07 Å². The summed E-state index contributed by atoms with van der Waals surface area (Å²) < 4.78 is 0. The van der Waals surface area contributed by atoms with E-state index in [1.54, 1.807) is 11.3 Å². The fraction of sp³-hybridized carbons (Fsp3) is 0.360. The first-order chi connectivity index (χ1) is 14.3. The molecule has 0 saturated carbocycles. The first-order valence-corrected chi connectivity index (χ1v) is 11.2. The van der Waals surface area contributed by atoms with Crippen molar-refractivity contribution in [2.75, 3.05) is 4.90 Å². The van der Waals surface area contributed by atoms with Gasteiger partial charge in [-0.15, -0.1) is 11.3 Å². The second-order valence-electron chi connectivity index (χ2n) is 8.92. The molecule has 0 spiro atoms. The van der Waals surface area contributed by atoms with Gasteiger partial charge in [0, 0.05) is 27.4 Å². The number of ketones is 1. The SMILES string of the molecule is CCc1ccc(C2C(C#N)=C(N)N(c3ccccc3C)C3=C2C(=O)CC(C)(C)C3)s1. The molecule has 0 fully saturated rings. The molecule has 0 bridgehead atoms. The number of hydrogen-bond donors (Lipinski definition) is 1. The van der Waals surface area contributed by atoms with Crippen LogP contribution in [0.4, 0.5) is 5.69 Å². The number of benzene rings is 1. The average molecular weight is 418 g/mol. The molecule has 1 aliphatic carbocycles. The number of nitrogens with zero attached hydrogens (tertiary/aromatic N) is 2. The number of rotatable bonds is 3. The molecule has 1 unspecified atom stereocenters. The molecule has 4 rings (SSSR count). The Balaban J connectivity index is 2.00. The molecular weight excluding hydrogens is 390 g/mol. The zero-order valence-corrected chi connectivity index (χ0v) is 18.8. The van der Waals surface area contributed by atoms with Gasteiger partial charge in [-0.1, -0.05) is 39.0 Å². The largest absolute Gasteiger partial charge is 0.384 e. The molecule has 30 heavy (non-hydrogen) atoms. The van der Waals surface area contributed by atoms with E-state index in [1.807, 2.05) is 36.1 Å². The molecule has 1 aromatic heterocycles. The van der Waals surface area contributed by atoms with Crippen LogP contribution in [0.3, 0.4) is 0 Å². The van der Waals surface area contributed by atoms with Gasteiger partial charge < -0.3 is 5.73 Å². The molecule has 2 aromatic rings. The summed E-state index contributed by atoms with van der Waals surface area (Å²) in [7, 11) is 0. The van der Waals surface area contributed by atoms with Crippen LogP contribution in [0.25, 0.3) is 0 Å². The van der Waals surface area contributed by atoms with E-state index in [4.69, 9.17) is 5.73 Å².